The van der Waals surface area contributed by atoms with Gasteiger partial charge in [-0.15, -0.1) is 22.7 Å². The average molecular weight is 469 g/mol. The Hall–Kier alpha value is -2.88. The van der Waals surface area contributed by atoms with E-state index in [9.17, 15) is 14.0 Å². The molecule has 1 aliphatic rings. The first-order valence-corrected chi connectivity index (χ1v) is 12.1. The summed E-state index contributed by atoms with van der Waals surface area (Å²) < 4.78 is 14.5. The van der Waals surface area contributed by atoms with Crippen LogP contribution in [-0.4, -0.2) is 46.8 Å². The van der Waals surface area contributed by atoms with Crippen LogP contribution in [0.3, 0.4) is 0 Å². The number of aromatic nitrogens is 2. The molecule has 9 heteroatoms. The second-order valence-electron chi connectivity index (χ2n) is 7.81. The third-order valence-corrected chi connectivity index (χ3v) is 7.50. The van der Waals surface area contributed by atoms with Crippen molar-refractivity contribution in [3.8, 4) is 10.4 Å². The third-order valence-electron chi connectivity index (χ3n) is 5.72. The van der Waals surface area contributed by atoms with Gasteiger partial charge in [0.05, 0.1) is 17.6 Å². The van der Waals surface area contributed by atoms with Crippen LogP contribution in [0.2, 0.25) is 0 Å². The highest BCUT2D eigenvalue weighted by Crippen LogP contribution is 2.33. The van der Waals surface area contributed by atoms with Crippen LogP contribution in [0.4, 0.5) is 10.1 Å². The largest absolute Gasteiger partial charge is 0.367 e. The summed E-state index contributed by atoms with van der Waals surface area (Å²) >= 11 is 3.10. The van der Waals surface area contributed by atoms with Crippen LogP contribution < -0.4 is 10.5 Å². The maximum absolute atomic E-state index is 14.5. The fraction of sp³-hybridized carbons (Fsp3) is 0.261. The number of aromatic amines is 1. The Kier molecular flexibility index (Phi) is 5.62. The Labute approximate surface area is 192 Å². The topological polar surface area (TPSA) is 69.3 Å². The van der Waals surface area contributed by atoms with Gasteiger partial charge >= 0.3 is 0 Å². The van der Waals surface area contributed by atoms with E-state index in [2.05, 4.69) is 9.88 Å². The minimum absolute atomic E-state index is 0.110. The van der Waals surface area contributed by atoms with E-state index in [0.29, 0.717) is 42.1 Å². The molecule has 0 unspecified atom stereocenters. The highest BCUT2D eigenvalue weighted by atomic mass is 32.1. The number of ketones is 1. The summed E-state index contributed by atoms with van der Waals surface area (Å²) in [7, 11) is 0. The molecule has 0 radical (unpaired) electrons. The lowest BCUT2D eigenvalue weighted by Gasteiger charge is -2.36. The van der Waals surface area contributed by atoms with Crippen LogP contribution in [-0.2, 0) is 6.54 Å². The number of carbonyl (C=O) groups excluding carboxylic acids is 1. The molecule has 3 aromatic heterocycles. The first-order chi connectivity index (χ1) is 15.5. The maximum Gasteiger partial charge on any atom is 0.260 e. The molecule has 4 aromatic rings. The van der Waals surface area contributed by atoms with Crippen LogP contribution in [0.5, 0.6) is 0 Å². The summed E-state index contributed by atoms with van der Waals surface area (Å²) in [5, 5.41) is 4.64. The van der Waals surface area contributed by atoms with E-state index in [-0.39, 0.29) is 17.2 Å². The molecule has 5 rings (SSSR count). The summed E-state index contributed by atoms with van der Waals surface area (Å²) in [6, 6.07) is 8.64. The SMILES string of the molecule is CC(=O)c1ccc(N2CCN(Cc3nc4scc(-c5cccs5)c4c(=O)[nH]3)CC2)c(F)c1. The van der Waals surface area contributed by atoms with Gasteiger partial charge in [0.15, 0.2) is 5.78 Å². The molecule has 1 fully saturated rings. The van der Waals surface area contributed by atoms with Gasteiger partial charge in [-0.3, -0.25) is 14.5 Å². The van der Waals surface area contributed by atoms with Crippen molar-refractivity contribution in [3.05, 3.63) is 68.7 Å². The smallest absolute Gasteiger partial charge is 0.260 e. The molecule has 0 amide bonds. The number of nitrogens with one attached hydrogen (secondary N) is 1. The number of nitrogens with zero attached hydrogens (tertiary/aromatic N) is 3. The van der Waals surface area contributed by atoms with Crippen molar-refractivity contribution in [3.63, 3.8) is 0 Å². The molecule has 1 aliphatic heterocycles. The normalized spacial score (nSPS) is 14.9. The van der Waals surface area contributed by atoms with Crippen LogP contribution >= 0.6 is 22.7 Å². The van der Waals surface area contributed by atoms with Crippen molar-refractivity contribution in [1.29, 1.82) is 0 Å². The highest BCUT2D eigenvalue weighted by molar-refractivity contribution is 7.18. The van der Waals surface area contributed by atoms with E-state index < -0.39 is 0 Å². The van der Waals surface area contributed by atoms with Gasteiger partial charge in [0.2, 0.25) is 0 Å². The van der Waals surface area contributed by atoms with Gasteiger partial charge in [0.1, 0.15) is 16.5 Å². The van der Waals surface area contributed by atoms with Crippen LogP contribution in [0.1, 0.15) is 23.1 Å². The van der Waals surface area contributed by atoms with Crippen molar-refractivity contribution in [2.75, 3.05) is 31.1 Å². The van der Waals surface area contributed by atoms with E-state index >= 15 is 0 Å². The zero-order valence-electron chi connectivity index (χ0n) is 17.4. The van der Waals surface area contributed by atoms with E-state index in [0.717, 1.165) is 28.4 Å². The standard InChI is InChI=1S/C23H21FN4O2S2/c1-14(29)15-4-5-18(17(24)11-15)28-8-6-27(7-9-28)12-20-25-22(30)21-16(13-32-23(21)26-20)19-3-2-10-31-19/h2-5,10-11,13H,6-9,12H2,1H3,(H,25,26,30). The zero-order valence-corrected chi connectivity index (χ0v) is 19.1. The number of Topliss-reactive ketones (excluding diaryl/α,β-unsaturated/α-hetero) is 1. The number of rotatable bonds is 5. The lowest BCUT2D eigenvalue weighted by atomic mass is 10.1. The lowest BCUT2D eigenvalue weighted by Crippen LogP contribution is -2.46. The molecule has 1 saturated heterocycles. The van der Waals surface area contributed by atoms with Gasteiger partial charge in [0.25, 0.3) is 5.56 Å². The van der Waals surface area contributed by atoms with Gasteiger partial charge in [0, 0.05) is 47.6 Å². The summed E-state index contributed by atoms with van der Waals surface area (Å²) in [4.78, 5) is 37.9. The van der Waals surface area contributed by atoms with Gasteiger partial charge < -0.3 is 9.88 Å². The molecule has 0 saturated carbocycles. The minimum Gasteiger partial charge on any atom is -0.367 e. The fourth-order valence-corrected chi connectivity index (χ4v) is 5.80. The number of carbonyl (C=O) groups is 1. The molecular weight excluding hydrogens is 447 g/mol. The van der Waals surface area contributed by atoms with E-state index in [4.69, 9.17) is 4.98 Å². The Morgan fingerprint density at radius 1 is 1.19 bits per heavy atom. The molecule has 4 heterocycles. The number of thiophene rings is 2. The number of benzene rings is 1. The van der Waals surface area contributed by atoms with Gasteiger partial charge in [-0.1, -0.05) is 6.07 Å². The van der Waals surface area contributed by atoms with Crippen molar-refractivity contribution >= 4 is 44.4 Å². The minimum atomic E-state index is -0.373. The molecule has 164 valence electrons. The van der Waals surface area contributed by atoms with Gasteiger partial charge in [-0.2, -0.15) is 0 Å². The molecule has 0 spiro atoms. The quantitative estimate of drug-likeness (QED) is 0.441. The van der Waals surface area contributed by atoms with Gasteiger partial charge in [-0.05, 0) is 36.6 Å². The first kappa shape index (κ1) is 21.0. The predicted octanol–water partition coefficient (Wildman–Crippen LogP) is 4.38. The van der Waals surface area contributed by atoms with E-state index in [1.54, 1.807) is 23.5 Å². The lowest BCUT2D eigenvalue weighted by molar-refractivity contribution is 0.101. The summed E-state index contributed by atoms with van der Waals surface area (Å²) in [5.41, 5.74) is 1.72. The van der Waals surface area contributed by atoms with E-state index in [1.807, 2.05) is 27.8 Å². The number of halogens is 1. The Morgan fingerprint density at radius 2 is 2.00 bits per heavy atom. The van der Waals surface area contributed by atoms with Crippen molar-refractivity contribution in [1.82, 2.24) is 14.9 Å². The van der Waals surface area contributed by atoms with Crippen LogP contribution in [0.15, 0.2) is 45.9 Å². The molecule has 1 aromatic carbocycles. The maximum atomic E-state index is 14.5. The second-order valence-corrected chi connectivity index (χ2v) is 9.61. The van der Waals surface area contributed by atoms with Crippen molar-refractivity contribution in [2.24, 2.45) is 0 Å². The van der Waals surface area contributed by atoms with Crippen molar-refractivity contribution < 1.29 is 9.18 Å². The van der Waals surface area contributed by atoms with Crippen LogP contribution in [0.25, 0.3) is 20.7 Å². The zero-order chi connectivity index (χ0) is 22.2. The highest BCUT2D eigenvalue weighted by Gasteiger charge is 2.21. The molecular formula is C23H21FN4O2S2. The van der Waals surface area contributed by atoms with E-state index in [1.165, 1.54) is 24.3 Å². The Balaban J connectivity index is 1.28. The molecule has 6 nitrogen and oxygen atoms in total. The van der Waals surface area contributed by atoms with Crippen molar-refractivity contribution in [2.45, 2.75) is 13.5 Å². The Bertz CT molecular complexity index is 1340. The Morgan fingerprint density at radius 3 is 2.69 bits per heavy atom. The number of hydrogen-bond acceptors (Lipinski definition) is 7. The summed E-state index contributed by atoms with van der Waals surface area (Å²) in [6.45, 7) is 4.73. The molecule has 0 bridgehead atoms. The third kappa shape index (κ3) is 3.99. The second kappa shape index (κ2) is 8.57. The number of piperazine rings is 1. The van der Waals surface area contributed by atoms with Crippen LogP contribution in [0, 0.1) is 5.82 Å². The van der Waals surface area contributed by atoms with Gasteiger partial charge in [-0.25, -0.2) is 9.37 Å². The fourth-order valence-electron chi connectivity index (χ4n) is 4.02. The molecule has 32 heavy (non-hydrogen) atoms. The monoisotopic (exact) mass is 468 g/mol. The number of hydrogen-bond donors (Lipinski definition) is 1. The number of H-pyrrole nitrogens is 1. The number of fused-ring (bicyclic) bond motifs is 1. The predicted molar refractivity (Wildman–Crippen MR) is 127 cm³/mol. The first-order valence-electron chi connectivity index (χ1n) is 10.3. The molecule has 1 N–H and O–H groups in total. The summed E-state index contributed by atoms with van der Waals surface area (Å²) in [6.07, 6.45) is 0. The summed E-state index contributed by atoms with van der Waals surface area (Å²) in [5.74, 6) is 0.126. The molecule has 0 atom stereocenters. The number of anilines is 1. The molecule has 0 aliphatic carbocycles. The average Bonchev–Trinajstić information content (AvgIpc) is 3.44.